The molecule has 1 aliphatic heterocycles. The average Bonchev–Trinajstić information content (AvgIpc) is 2.94. The van der Waals surface area contributed by atoms with E-state index in [1.54, 1.807) is 24.5 Å². The van der Waals surface area contributed by atoms with Crippen LogP contribution in [0, 0.1) is 0 Å². The van der Waals surface area contributed by atoms with E-state index < -0.39 is 0 Å². The van der Waals surface area contributed by atoms with Crippen molar-refractivity contribution in [3.05, 3.63) is 70.3 Å². The zero-order valence-electron chi connectivity index (χ0n) is 12.8. The van der Waals surface area contributed by atoms with Crippen LogP contribution in [0.2, 0.25) is 5.02 Å². The fraction of sp³-hybridized carbons (Fsp3) is 0. The first-order valence-electron chi connectivity index (χ1n) is 7.44. The van der Waals surface area contributed by atoms with Gasteiger partial charge in [0.15, 0.2) is 0 Å². The Kier molecular flexibility index (Phi) is 4.21. The number of amidine groups is 1. The van der Waals surface area contributed by atoms with Crippen LogP contribution in [0.5, 0.6) is 0 Å². The normalized spacial score (nSPS) is 17.4. The van der Waals surface area contributed by atoms with Crippen molar-refractivity contribution in [2.24, 2.45) is 4.99 Å². The molecule has 4 rings (SSSR count). The molecular formula is C18H11ClN4OS. The number of carbonyl (C=O) groups is 1. The Morgan fingerprint density at radius 3 is 2.84 bits per heavy atom. The molecule has 5 nitrogen and oxygen atoms in total. The molecule has 1 amide bonds. The summed E-state index contributed by atoms with van der Waals surface area (Å²) in [7, 11) is 0. The number of thioether (sulfide) groups is 1. The third kappa shape index (κ3) is 3.40. The fourth-order valence-corrected chi connectivity index (χ4v) is 3.37. The lowest BCUT2D eigenvalue weighted by atomic mass is 10.1. The molecule has 1 saturated heterocycles. The SMILES string of the molecule is O=C1NC(=Nc2cccc(Cl)c2)C(=Cc2cccc3nccnc23)S1. The van der Waals surface area contributed by atoms with Crippen molar-refractivity contribution in [2.45, 2.75) is 0 Å². The zero-order chi connectivity index (χ0) is 17.2. The average molecular weight is 367 g/mol. The number of amides is 1. The monoisotopic (exact) mass is 366 g/mol. The summed E-state index contributed by atoms with van der Waals surface area (Å²) in [6.07, 6.45) is 5.19. The van der Waals surface area contributed by atoms with E-state index in [1.807, 2.05) is 36.4 Å². The molecule has 0 radical (unpaired) electrons. The first-order valence-corrected chi connectivity index (χ1v) is 8.63. The summed E-state index contributed by atoms with van der Waals surface area (Å²) < 4.78 is 0. The highest BCUT2D eigenvalue weighted by atomic mass is 35.5. The van der Waals surface area contributed by atoms with E-state index >= 15 is 0 Å². The number of aromatic nitrogens is 2. The highest BCUT2D eigenvalue weighted by Crippen LogP contribution is 2.30. The van der Waals surface area contributed by atoms with Gasteiger partial charge in [-0.1, -0.05) is 29.8 Å². The van der Waals surface area contributed by atoms with Gasteiger partial charge in [0.1, 0.15) is 5.84 Å². The van der Waals surface area contributed by atoms with Crippen LogP contribution < -0.4 is 5.32 Å². The Hall–Kier alpha value is -2.70. The van der Waals surface area contributed by atoms with Crippen molar-refractivity contribution in [2.75, 3.05) is 0 Å². The van der Waals surface area contributed by atoms with Gasteiger partial charge in [-0.25, -0.2) is 4.99 Å². The van der Waals surface area contributed by atoms with Gasteiger partial charge in [0.2, 0.25) is 0 Å². The number of nitrogens with one attached hydrogen (secondary N) is 1. The van der Waals surface area contributed by atoms with Crippen molar-refractivity contribution in [1.29, 1.82) is 0 Å². The quantitative estimate of drug-likeness (QED) is 0.706. The Bertz CT molecular complexity index is 1040. The highest BCUT2D eigenvalue weighted by molar-refractivity contribution is 8.18. The van der Waals surface area contributed by atoms with Crippen LogP contribution >= 0.6 is 23.4 Å². The molecule has 0 atom stereocenters. The van der Waals surface area contributed by atoms with Crippen LogP contribution in [0.4, 0.5) is 10.5 Å². The zero-order valence-corrected chi connectivity index (χ0v) is 14.4. The third-order valence-electron chi connectivity index (χ3n) is 3.52. The number of benzene rings is 2. The minimum atomic E-state index is -0.168. The molecule has 1 aliphatic rings. The summed E-state index contributed by atoms with van der Waals surface area (Å²) >= 11 is 7.10. The smallest absolute Gasteiger partial charge is 0.289 e. The van der Waals surface area contributed by atoms with Crippen molar-refractivity contribution < 1.29 is 4.79 Å². The van der Waals surface area contributed by atoms with Gasteiger partial charge in [-0.15, -0.1) is 0 Å². The van der Waals surface area contributed by atoms with Gasteiger partial charge in [0.25, 0.3) is 5.24 Å². The maximum Gasteiger partial charge on any atom is 0.289 e. The molecule has 122 valence electrons. The van der Waals surface area contributed by atoms with E-state index in [0.717, 1.165) is 33.3 Å². The largest absolute Gasteiger partial charge is 0.300 e. The molecule has 1 fully saturated rings. The van der Waals surface area contributed by atoms with Crippen LogP contribution in [-0.2, 0) is 0 Å². The topological polar surface area (TPSA) is 67.2 Å². The molecule has 1 aromatic heterocycles. The van der Waals surface area contributed by atoms with Crippen LogP contribution in [0.15, 0.2) is 64.8 Å². The lowest BCUT2D eigenvalue weighted by Gasteiger charge is -2.03. The number of fused-ring (bicyclic) bond motifs is 1. The Balaban J connectivity index is 1.79. The van der Waals surface area contributed by atoms with E-state index in [4.69, 9.17) is 11.6 Å². The second-order valence-electron chi connectivity index (χ2n) is 5.23. The predicted molar refractivity (Wildman–Crippen MR) is 102 cm³/mol. The lowest BCUT2D eigenvalue weighted by molar-refractivity contribution is 0.265. The predicted octanol–water partition coefficient (Wildman–Crippen LogP) is 4.81. The second-order valence-corrected chi connectivity index (χ2v) is 6.69. The number of aliphatic imine (C=N–C) groups is 1. The molecular weight excluding hydrogens is 356 g/mol. The van der Waals surface area contributed by atoms with E-state index in [0.29, 0.717) is 16.5 Å². The number of halogens is 1. The number of hydrogen-bond donors (Lipinski definition) is 1. The van der Waals surface area contributed by atoms with E-state index in [-0.39, 0.29) is 5.24 Å². The minimum Gasteiger partial charge on any atom is -0.300 e. The van der Waals surface area contributed by atoms with Crippen molar-refractivity contribution in [3.8, 4) is 0 Å². The van der Waals surface area contributed by atoms with E-state index in [9.17, 15) is 4.79 Å². The van der Waals surface area contributed by atoms with Crippen molar-refractivity contribution in [3.63, 3.8) is 0 Å². The summed E-state index contributed by atoms with van der Waals surface area (Å²) in [6, 6.07) is 12.9. The molecule has 0 aliphatic carbocycles. The molecule has 0 bridgehead atoms. The molecule has 1 N–H and O–H groups in total. The van der Waals surface area contributed by atoms with E-state index in [2.05, 4.69) is 20.3 Å². The summed E-state index contributed by atoms with van der Waals surface area (Å²) in [6.45, 7) is 0. The van der Waals surface area contributed by atoms with Gasteiger partial charge in [0.05, 0.1) is 21.6 Å². The van der Waals surface area contributed by atoms with Gasteiger partial charge in [-0.3, -0.25) is 14.8 Å². The maximum absolute atomic E-state index is 11.9. The summed E-state index contributed by atoms with van der Waals surface area (Å²) in [4.78, 5) is 25.8. The summed E-state index contributed by atoms with van der Waals surface area (Å²) in [5.41, 5.74) is 3.13. The number of hydrogen-bond acceptors (Lipinski definition) is 5. The molecule has 2 aromatic carbocycles. The van der Waals surface area contributed by atoms with Gasteiger partial charge >= 0.3 is 0 Å². The van der Waals surface area contributed by atoms with Crippen LogP contribution in [0.25, 0.3) is 17.1 Å². The molecule has 7 heteroatoms. The molecule has 2 heterocycles. The number of nitrogens with zero attached hydrogens (tertiary/aromatic N) is 3. The molecule has 25 heavy (non-hydrogen) atoms. The van der Waals surface area contributed by atoms with Crippen molar-refractivity contribution in [1.82, 2.24) is 15.3 Å². The number of para-hydroxylation sites is 1. The summed E-state index contributed by atoms with van der Waals surface area (Å²) in [5, 5.41) is 3.19. The lowest BCUT2D eigenvalue weighted by Crippen LogP contribution is -2.18. The van der Waals surface area contributed by atoms with Crippen molar-refractivity contribution >= 4 is 57.2 Å². The molecule has 0 spiro atoms. The van der Waals surface area contributed by atoms with Crippen LogP contribution in [-0.4, -0.2) is 21.0 Å². The molecule has 3 aromatic rings. The van der Waals surface area contributed by atoms with Gasteiger partial charge in [-0.2, -0.15) is 0 Å². The standard InChI is InChI=1S/C18H11ClN4OS/c19-12-4-2-5-13(10-12)22-17-15(25-18(24)23-17)9-11-3-1-6-14-16(11)21-8-7-20-14/h1-10H,(H,22,23,24). The fourth-order valence-electron chi connectivity index (χ4n) is 2.46. The molecule has 0 saturated carbocycles. The van der Waals surface area contributed by atoms with Crippen LogP contribution in [0.1, 0.15) is 5.56 Å². The summed E-state index contributed by atoms with van der Waals surface area (Å²) in [5.74, 6) is 0.498. The van der Waals surface area contributed by atoms with Gasteiger partial charge in [0, 0.05) is 23.0 Å². The number of carbonyl (C=O) groups excluding carboxylic acids is 1. The maximum atomic E-state index is 11.9. The Morgan fingerprint density at radius 1 is 1.12 bits per heavy atom. The van der Waals surface area contributed by atoms with Crippen LogP contribution in [0.3, 0.4) is 0 Å². The Labute approximate surface area is 152 Å². The first-order chi connectivity index (χ1) is 12.2. The number of rotatable bonds is 2. The van der Waals surface area contributed by atoms with E-state index in [1.165, 1.54) is 0 Å². The van der Waals surface area contributed by atoms with Gasteiger partial charge in [-0.05, 0) is 42.1 Å². The minimum absolute atomic E-state index is 0.168. The molecule has 0 unspecified atom stereocenters. The van der Waals surface area contributed by atoms with Gasteiger partial charge < -0.3 is 5.32 Å². The second kappa shape index (κ2) is 6.66. The third-order valence-corrected chi connectivity index (χ3v) is 4.58. The highest BCUT2D eigenvalue weighted by Gasteiger charge is 2.24. The Morgan fingerprint density at radius 2 is 1.96 bits per heavy atom. The first kappa shape index (κ1) is 15.8.